The molecule has 0 saturated carbocycles. The Kier molecular flexibility index (Phi) is 7.12. The Morgan fingerprint density at radius 3 is 2.59 bits per heavy atom. The van der Waals surface area contributed by atoms with Crippen molar-refractivity contribution in [2.75, 3.05) is 25.6 Å². The number of methoxy groups -OCH3 is 1. The summed E-state index contributed by atoms with van der Waals surface area (Å²) in [5.41, 5.74) is 8.64. The first kappa shape index (κ1) is 19.7. The molecule has 0 radical (unpaired) electrons. The lowest BCUT2D eigenvalue weighted by atomic mass is 10.2. The van der Waals surface area contributed by atoms with Gasteiger partial charge in [-0.3, -0.25) is 9.59 Å². The molecule has 2 amide bonds. The van der Waals surface area contributed by atoms with E-state index in [1.54, 1.807) is 18.2 Å². The van der Waals surface area contributed by atoms with Crippen LogP contribution in [0, 0.1) is 5.82 Å². The van der Waals surface area contributed by atoms with Gasteiger partial charge in [-0.1, -0.05) is 0 Å². The molecule has 0 heterocycles. The summed E-state index contributed by atoms with van der Waals surface area (Å²) < 4.78 is 23.2. The Balaban J connectivity index is 1.88. The standard InChI is InChI=1S/C18H19FN4O4/c1-26-15-7-2-12(8-16(15)27-11-17(20)24)9-22-23-18(25)10-21-14-5-3-13(19)4-6-14/h2-9,21H,10-11H2,1H3,(H2,20,24)(H,23,25)/b22-9-. The van der Waals surface area contributed by atoms with Crippen LogP contribution in [0.25, 0.3) is 0 Å². The number of carbonyl (C=O) groups is 2. The minimum Gasteiger partial charge on any atom is -0.493 e. The molecule has 142 valence electrons. The third-order valence-electron chi connectivity index (χ3n) is 3.26. The van der Waals surface area contributed by atoms with Crippen LogP contribution in [0.5, 0.6) is 11.5 Å². The Labute approximate surface area is 155 Å². The number of amides is 2. The molecular weight excluding hydrogens is 355 g/mol. The van der Waals surface area contributed by atoms with Crippen molar-refractivity contribution < 1.29 is 23.5 Å². The van der Waals surface area contributed by atoms with Gasteiger partial charge in [0.15, 0.2) is 18.1 Å². The van der Waals surface area contributed by atoms with E-state index in [2.05, 4.69) is 15.8 Å². The fraction of sp³-hybridized carbons (Fsp3) is 0.167. The highest BCUT2D eigenvalue weighted by Gasteiger charge is 2.07. The fourth-order valence-electron chi connectivity index (χ4n) is 2.00. The molecule has 0 saturated heterocycles. The third-order valence-corrected chi connectivity index (χ3v) is 3.26. The Hall–Kier alpha value is -3.62. The van der Waals surface area contributed by atoms with Crippen molar-refractivity contribution in [3.8, 4) is 11.5 Å². The van der Waals surface area contributed by atoms with E-state index in [0.29, 0.717) is 22.7 Å². The molecule has 8 nitrogen and oxygen atoms in total. The highest BCUT2D eigenvalue weighted by Crippen LogP contribution is 2.27. The molecule has 2 aromatic carbocycles. The summed E-state index contributed by atoms with van der Waals surface area (Å²) >= 11 is 0. The SMILES string of the molecule is COc1ccc(/C=N\NC(=O)CNc2ccc(F)cc2)cc1OCC(N)=O. The molecule has 0 aliphatic rings. The van der Waals surface area contributed by atoms with Crippen LogP contribution in [0.1, 0.15) is 5.56 Å². The van der Waals surface area contributed by atoms with E-state index in [1.807, 2.05) is 0 Å². The van der Waals surface area contributed by atoms with Gasteiger partial charge in [0, 0.05) is 5.69 Å². The van der Waals surface area contributed by atoms with Crippen molar-refractivity contribution in [1.82, 2.24) is 5.43 Å². The quantitative estimate of drug-likeness (QED) is 0.452. The van der Waals surface area contributed by atoms with Gasteiger partial charge in [-0.05, 0) is 48.0 Å². The number of carbonyl (C=O) groups excluding carboxylic acids is 2. The maximum Gasteiger partial charge on any atom is 0.259 e. The zero-order valence-corrected chi connectivity index (χ0v) is 14.6. The Bertz CT molecular complexity index is 825. The Morgan fingerprint density at radius 1 is 1.19 bits per heavy atom. The van der Waals surface area contributed by atoms with E-state index in [4.69, 9.17) is 15.2 Å². The molecule has 0 unspecified atom stereocenters. The summed E-state index contributed by atoms with van der Waals surface area (Å²) in [4.78, 5) is 22.6. The minimum absolute atomic E-state index is 0.0292. The van der Waals surface area contributed by atoms with Crippen LogP contribution in [-0.2, 0) is 9.59 Å². The van der Waals surface area contributed by atoms with Gasteiger partial charge < -0.3 is 20.5 Å². The summed E-state index contributed by atoms with van der Waals surface area (Å²) in [6, 6.07) is 10.6. The topological polar surface area (TPSA) is 115 Å². The van der Waals surface area contributed by atoms with Gasteiger partial charge in [0.05, 0.1) is 19.9 Å². The number of benzene rings is 2. The van der Waals surface area contributed by atoms with Crippen LogP contribution in [0.15, 0.2) is 47.6 Å². The van der Waals surface area contributed by atoms with Crippen molar-refractivity contribution in [3.05, 3.63) is 53.8 Å². The van der Waals surface area contributed by atoms with E-state index >= 15 is 0 Å². The second kappa shape index (κ2) is 9.76. The molecule has 0 aliphatic carbocycles. The molecule has 0 aromatic heterocycles. The number of anilines is 1. The second-order valence-electron chi connectivity index (χ2n) is 5.32. The third kappa shape index (κ3) is 6.65. The summed E-state index contributed by atoms with van der Waals surface area (Å²) in [5, 5.41) is 6.69. The van der Waals surface area contributed by atoms with Crippen molar-refractivity contribution in [2.24, 2.45) is 10.8 Å². The van der Waals surface area contributed by atoms with Gasteiger partial charge in [0.1, 0.15) is 5.82 Å². The monoisotopic (exact) mass is 374 g/mol. The molecule has 0 spiro atoms. The smallest absolute Gasteiger partial charge is 0.259 e. The highest BCUT2D eigenvalue weighted by molar-refractivity contribution is 5.85. The summed E-state index contributed by atoms with van der Waals surface area (Å²) in [5.74, 6) is -0.593. The van der Waals surface area contributed by atoms with Crippen molar-refractivity contribution >= 4 is 23.7 Å². The van der Waals surface area contributed by atoms with E-state index in [9.17, 15) is 14.0 Å². The van der Waals surface area contributed by atoms with Gasteiger partial charge in [0.2, 0.25) is 0 Å². The minimum atomic E-state index is -0.614. The molecule has 0 bridgehead atoms. The maximum atomic E-state index is 12.8. The van der Waals surface area contributed by atoms with Crippen molar-refractivity contribution in [2.45, 2.75) is 0 Å². The summed E-state index contributed by atoms with van der Waals surface area (Å²) in [6.45, 7) is -0.318. The molecule has 2 aromatic rings. The number of hydrazone groups is 1. The van der Waals surface area contributed by atoms with Gasteiger partial charge in [-0.25, -0.2) is 9.82 Å². The van der Waals surface area contributed by atoms with E-state index in [-0.39, 0.29) is 24.9 Å². The molecule has 4 N–H and O–H groups in total. The van der Waals surface area contributed by atoms with Crippen LogP contribution >= 0.6 is 0 Å². The number of primary amides is 1. The number of nitrogens with one attached hydrogen (secondary N) is 2. The molecule has 2 rings (SSSR count). The molecule has 27 heavy (non-hydrogen) atoms. The number of ether oxygens (including phenoxy) is 2. The first-order chi connectivity index (χ1) is 13.0. The van der Waals surface area contributed by atoms with Gasteiger partial charge >= 0.3 is 0 Å². The average molecular weight is 374 g/mol. The van der Waals surface area contributed by atoms with Crippen LogP contribution < -0.4 is 25.9 Å². The maximum absolute atomic E-state index is 12.8. The number of nitrogens with zero attached hydrogens (tertiary/aromatic N) is 1. The van der Waals surface area contributed by atoms with E-state index < -0.39 is 5.91 Å². The van der Waals surface area contributed by atoms with E-state index in [0.717, 1.165) is 0 Å². The van der Waals surface area contributed by atoms with Crippen LogP contribution in [0.2, 0.25) is 0 Å². The molecular formula is C18H19FN4O4. The van der Waals surface area contributed by atoms with Crippen LogP contribution in [0.4, 0.5) is 10.1 Å². The van der Waals surface area contributed by atoms with Crippen LogP contribution in [0.3, 0.4) is 0 Å². The fourth-order valence-corrected chi connectivity index (χ4v) is 2.00. The lowest BCUT2D eigenvalue weighted by Gasteiger charge is -2.09. The molecule has 0 aliphatic heterocycles. The number of halogens is 1. The first-order valence-corrected chi connectivity index (χ1v) is 7.88. The molecule has 0 atom stereocenters. The Morgan fingerprint density at radius 2 is 1.93 bits per heavy atom. The molecule has 0 fully saturated rings. The highest BCUT2D eigenvalue weighted by atomic mass is 19.1. The van der Waals surface area contributed by atoms with Gasteiger partial charge in [0.25, 0.3) is 11.8 Å². The van der Waals surface area contributed by atoms with Crippen molar-refractivity contribution in [1.29, 1.82) is 0 Å². The number of hydrogen-bond acceptors (Lipinski definition) is 6. The second-order valence-corrected chi connectivity index (χ2v) is 5.32. The lowest BCUT2D eigenvalue weighted by molar-refractivity contribution is -0.120. The van der Waals surface area contributed by atoms with Gasteiger partial charge in [-0.15, -0.1) is 0 Å². The largest absolute Gasteiger partial charge is 0.493 e. The van der Waals surface area contributed by atoms with Gasteiger partial charge in [-0.2, -0.15) is 5.10 Å². The summed E-state index contributed by atoms with van der Waals surface area (Å²) in [6.07, 6.45) is 1.41. The zero-order valence-electron chi connectivity index (χ0n) is 14.6. The lowest BCUT2D eigenvalue weighted by Crippen LogP contribution is -2.25. The zero-order chi connectivity index (χ0) is 19.6. The van der Waals surface area contributed by atoms with Crippen molar-refractivity contribution in [3.63, 3.8) is 0 Å². The predicted molar refractivity (Wildman–Crippen MR) is 98.3 cm³/mol. The number of hydrogen-bond donors (Lipinski definition) is 3. The molecule has 9 heteroatoms. The normalized spacial score (nSPS) is 10.4. The van der Waals surface area contributed by atoms with E-state index in [1.165, 1.54) is 37.6 Å². The average Bonchev–Trinajstić information content (AvgIpc) is 2.66. The van der Waals surface area contributed by atoms with Crippen LogP contribution in [-0.4, -0.2) is 38.3 Å². The predicted octanol–water partition coefficient (Wildman–Crippen LogP) is 1.26. The number of rotatable bonds is 9. The number of nitrogens with two attached hydrogens (primary N) is 1. The summed E-state index contributed by atoms with van der Waals surface area (Å²) in [7, 11) is 1.47. The first-order valence-electron chi connectivity index (χ1n) is 7.88.